The SMILES string of the molecule is O=C(O)c1cc2cc(F)c(-c3ccsc3)nc2nc1C(F)(F)F. The van der Waals surface area contributed by atoms with Crippen molar-refractivity contribution in [3.05, 3.63) is 46.0 Å². The number of fused-ring (bicyclic) bond motifs is 1. The fraction of sp³-hybridized carbons (Fsp3) is 0.0714. The van der Waals surface area contributed by atoms with E-state index in [2.05, 4.69) is 9.97 Å². The van der Waals surface area contributed by atoms with E-state index < -0.39 is 29.2 Å². The molecule has 0 spiro atoms. The molecule has 0 aliphatic heterocycles. The predicted octanol–water partition coefficient (Wildman–Crippen LogP) is 4.21. The lowest BCUT2D eigenvalue weighted by Crippen LogP contribution is -2.16. The zero-order valence-corrected chi connectivity index (χ0v) is 11.9. The lowest BCUT2D eigenvalue weighted by atomic mass is 10.1. The Kier molecular flexibility index (Phi) is 3.52. The van der Waals surface area contributed by atoms with Crippen LogP contribution in [0.5, 0.6) is 0 Å². The van der Waals surface area contributed by atoms with E-state index in [-0.39, 0.29) is 16.7 Å². The first-order valence-electron chi connectivity index (χ1n) is 6.11. The number of thiophene rings is 1. The van der Waals surface area contributed by atoms with Crippen LogP contribution >= 0.6 is 11.3 Å². The van der Waals surface area contributed by atoms with Crippen molar-refractivity contribution in [2.45, 2.75) is 6.18 Å². The van der Waals surface area contributed by atoms with E-state index in [4.69, 9.17) is 5.11 Å². The molecule has 0 unspecified atom stereocenters. The fourth-order valence-corrected chi connectivity index (χ4v) is 2.70. The van der Waals surface area contributed by atoms with E-state index in [1.54, 1.807) is 16.8 Å². The smallest absolute Gasteiger partial charge is 0.434 e. The summed E-state index contributed by atoms with van der Waals surface area (Å²) < 4.78 is 53.0. The second-order valence-electron chi connectivity index (χ2n) is 4.56. The number of carboxylic acids is 1. The number of carbonyl (C=O) groups is 1. The van der Waals surface area contributed by atoms with Gasteiger partial charge >= 0.3 is 12.1 Å². The molecule has 23 heavy (non-hydrogen) atoms. The highest BCUT2D eigenvalue weighted by Gasteiger charge is 2.38. The van der Waals surface area contributed by atoms with Crippen LogP contribution in [0, 0.1) is 5.82 Å². The first-order valence-corrected chi connectivity index (χ1v) is 7.06. The predicted molar refractivity (Wildman–Crippen MR) is 74.8 cm³/mol. The van der Waals surface area contributed by atoms with Gasteiger partial charge in [-0.25, -0.2) is 19.2 Å². The van der Waals surface area contributed by atoms with Gasteiger partial charge < -0.3 is 5.11 Å². The largest absolute Gasteiger partial charge is 0.478 e. The van der Waals surface area contributed by atoms with Gasteiger partial charge in [-0.2, -0.15) is 24.5 Å². The van der Waals surface area contributed by atoms with Crippen LogP contribution in [0.1, 0.15) is 16.1 Å². The minimum Gasteiger partial charge on any atom is -0.478 e. The molecular weight excluding hydrogens is 336 g/mol. The molecule has 4 nitrogen and oxygen atoms in total. The number of nitrogens with zero attached hydrogens (tertiary/aromatic N) is 2. The molecule has 3 aromatic rings. The fourth-order valence-electron chi connectivity index (χ4n) is 2.06. The molecule has 118 valence electrons. The van der Waals surface area contributed by atoms with Gasteiger partial charge in [0.15, 0.2) is 11.3 Å². The van der Waals surface area contributed by atoms with Crippen molar-refractivity contribution in [1.82, 2.24) is 9.97 Å². The van der Waals surface area contributed by atoms with E-state index >= 15 is 0 Å². The molecule has 3 heterocycles. The highest BCUT2D eigenvalue weighted by molar-refractivity contribution is 7.08. The highest BCUT2D eigenvalue weighted by Crippen LogP contribution is 2.33. The number of aromatic nitrogens is 2. The Morgan fingerprint density at radius 2 is 1.96 bits per heavy atom. The third kappa shape index (κ3) is 2.74. The average molecular weight is 342 g/mol. The summed E-state index contributed by atoms with van der Waals surface area (Å²) in [6.45, 7) is 0. The zero-order chi connectivity index (χ0) is 16.8. The first-order chi connectivity index (χ1) is 10.8. The monoisotopic (exact) mass is 342 g/mol. The van der Waals surface area contributed by atoms with Crippen molar-refractivity contribution >= 4 is 28.3 Å². The standard InChI is InChI=1S/C14H6F4N2O2S/c15-9-4-7-3-8(13(21)22)11(14(16,17)18)20-12(7)19-10(9)6-1-2-23-5-6/h1-5H,(H,21,22). The van der Waals surface area contributed by atoms with Gasteiger partial charge in [0, 0.05) is 16.3 Å². The molecule has 0 saturated carbocycles. The molecule has 0 radical (unpaired) electrons. The molecule has 0 aromatic carbocycles. The lowest BCUT2D eigenvalue weighted by molar-refractivity contribution is -0.141. The third-order valence-corrected chi connectivity index (χ3v) is 3.73. The van der Waals surface area contributed by atoms with E-state index in [1.807, 2.05) is 0 Å². The van der Waals surface area contributed by atoms with Crippen LogP contribution in [0.25, 0.3) is 22.3 Å². The molecule has 0 aliphatic rings. The van der Waals surface area contributed by atoms with E-state index in [9.17, 15) is 22.4 Å². The molecule has 0 bridgehead atoms. The topological polar surface area (TPSA) is 63.1 Å². The number of halogens is 4. The summed E-state index contributed by atoms with van der Waals surface area (Å²) in [5.74, 6) is -2.57. The Bertz CT molecular complexity index is 907. The average Bonchev–Trinajstić information content (AvgIpc) is 2.98. The summed E-state index contributed by atoms with van der Waals surface area (Å²) in [4.78, 5) is 18.1. The van der Waals surface area contributed by atoms with Crippen molar-refractivity contribution in [2.24, 2.45) is 0 Å². The van der Waals surface area contributed by atoms with Gasteiger partial charge in [0.1, 0.15) is 11.5 Å². The van der Waals surface area contributed by atoms with Crippen molar-refractivity contribution in [1.29, 1.82) is 0 Å². The highest BCUT2D eigenvalue weighted by atomic mass is 32.1. The molecule has 0 saturated heterocycles. The lowest BCUT2D eigenvalue weighted by Gasteiger charge is -2.11. The molecule has 0 amide bonds. The van der Waals surface area contributed by atoms with Crippen LogP contribution in [-0.4, -0.2) is 21.0 Å². The van der Waals surface area contributed by atoms with Crippen molar-refractivity contribution in [3.63, 3.8) is 0 Å². The maximum absolute atomic E-state index is 14.1. The van der Waals surface area contributed by atoms with Gasteiger partial charge in [-0.3, -0.25) is 0 Å². The number of carboxylic acid groups (broad SMARTS) is 1. The summed E-state index contributed by atoms with van der Waals surface area (Å²) in [7, 11) is 0. The van der Waals surface area contributed by atoms with E-state index in [0.29, 0.717) is 5.56 Å². The van der Waals surface area contributed by atoms with Crippen LogP contribution in [0.3, 0.4) is 0 Å². The Morgan fingerprint density at radius 3 is 2.52 bits per heavy atom. The van der Waals surface area contributed by atoms with Gasteiger partial charge in [0.25, 0.3) is 0 Å². The minimum atomic E-state index is -4.96. The Balaban J connectivity index is 2.31. The number of hydrogen-bond donors (Lipinski definition) is 1. The molecule has 0 atom stereocenters. The van der Waals surface area contributed by atoms with E-state index in [0.717, 1.165) is 12.1 Å². The van der Waals surface area contributed by atoms with Crippen LogP contribution in [0.2, 0.25) is 0 Å². The summed E-state index contributed by atoms with van der Waals surface area (Å²) in [5, 5.41) is 12.1. The number of alkyl halides is 3. The summed E-state index contributed by atoms with van der Waals surface area (Å²) in [6.07, 6.45) is -4.96. The van der Waals surface area contributed by atoms with Crippen LogP contribution in [0.4, 0.5) is 17.6 Å². The number of pyridine rings is 2. The number of hydrogen-bond acceptors (Lipinski definition) is 4. The maximum Gasteiger partial charge on any atom is 0.434 e. The second-order valence-corrected chi connectivity index (χ2v) is 5.35. The van der Waals surface area contributed by atoms with Gasteiger partial charge in [0.05, 0.1) is 5.56 Å². The maximum atomic E-state index is 14.1. The molecule has 1 N–H and O–H groups in total. The van der Waals surface area contributed by atoms with Gasteiger partial charge in [0.2, 0.25) is 0 Å². The number of aromatic carboxylic acids is 1. The molecular formula is C14H6F4N2O2S. The van der Waals surface area contributed by atoms with Crippen molar-refractivity contribution < 1.29 is 27.5 Å². The first kappa shape index (κ1) is 15.3. The minimum absolute atomic E-state index is 0.119. The van der Waals surface area contributed by atoms with Gasteiger partial charge in [-0.15, -0.1) is 0 Å². The van der Waals surface area contributed by atoms with Gasteiger partial charge in [-0.1, -0.05) is 0 Å². The molecule has 3 rings (SSSR count). The molecule has 3 aromatic heterocycles. The Morgan fingerprint density at radius 1 is 1.22 bits per heavy atom. The van der Waals surface area contributed by atoms with Crippen LogP contribution in [-0.2, 0) is 6.18 Å². The second kappa shape index (κ2) is 5.27. The quantitative estimate of drug-likeness (QED) is 0.709. The summed E-state index contributed by atoms with van der Waals surface area (Å²) in [5.41, 5.74) is -2.71. The third-order valence-electron chi connectivity index (χ3n) is 3.05. The summed E-state index contributed by atoms with van der Waals surface area (Å²) >= 11 is 1.28. The van der Waals surface area contributed by atoms with Crippen molar-refractivity contribution in [2.75, 3.05) is 0 Å². The molecule has 9 heteroatoms. The van der Waals surface area contributed by atoms with Crippen LogP contribution in [0.15, 0.2) is 29.0 Å². The van der Waals surface area contributed by atoms with Crippen LogP contribution < -0.4 is 0 Å². The molecule has 0 aliphatic carbocycles. The normalized spacial score (nSPS) is 11.8. The number of rotatable bonds is 2. The Hall–Kier alpha value is -2.55. The van der Waals surface area contributed by atoms with Crippen molar-refractivity contribution in [3.8, 4) is 11.3 Å². The van der Waals surface area contributed by atoms with Gasteiger partial charge in [-0.05, 0) is 23.6 Å². The Labute approximate surface area is 130 Å². The summed E-state index contributed by atoms with van der Waals surface area (Å²) in [6, 6.07) is 3.22. The molecule has 0 fully saturated rings. The van der Waals surface area contributed by atoms with E-state index in [1.165, 1.54) is 11.3 Å². The zero-order valence-electron chi connectivity index (χ0n) is 11.1.